The summed E-state index contributed by atoms with van der Waals surface area (Å²) in [7, 11) is 0. The van der Waals surface area contributed by atoms with Crippen molar-refractivity contribution >= 4 is 11.8 Å². The normalized spacial score (nSPS) is 13.3. The van der Waals surface area contributed by atoms with Crippen LogP contribution in [0.25, 0.3) is 0 Å². The number of nitrogens with zero attached hydrogens (tertiary/aromatic N) is 1. The van der Waals surface area contributed by atoms with Crippen molar-refractivity contribution in [2.24, 2.45) is 5.73 Å². The van der Waals surface area contributed by atoms with E-state index in [9.17, 15) is 9.59 Å². The highest BCUT2D eigenvalue weighted by Crippen LogP contribution is 2.19. The Morgan fingerprint density at radius 1 is 1.04 bits per heavy atom. The molecular weight excluding hydrogens is 292 g/mol. The zero-order valence-corrected chi connectivity index (χ0v) is 12.7. The molecule has 0 radical (unpaired) electrons. The van der Waals surface area contributed by atoms with E-state index in [0.717, 1.165) is 6.42 Å². The second kappa shape index (κ2) is 6.52. The maximum absolute atomic E-state index is 12.3. The van der Waals surface area contributed by atoms with E-state index in [1.807, 2.05) is 12.1 Å². The summed E-state index contributed by atoms with van der Waals surface area (Å²) < 4.78 is 5.50. The van der Waals surface area contributed by atoms with Gasteiger partial charge in [0.2, 0.25) is 5.91 Å². The molecule has 1 aliphatic rings. The number of nitrogens with two attached hydrogens (primary N) is 1. The molecule has 0 saturated carbocycles. The van der Waals surface area contributed by atoms with E-state index < -0.39 is 5.91 Å². The molecule has 1 aliphatic heterocycles. The Kier molecular flexibility index (Phi) is 4.28. The lowest BCUT2D eigenvalue weighted by Gasteiger charge is -2.28. The second-order valence-electron chi connectivity index (χ2n) is 5.51. The highest BCUT2D eigenvalue weighted by atomic mass is 16.5. The van der Waals surface area contributed by atoms with Crippen molar-refractivity contribution < 1.29 is 14.3 Å². The third kappa shape index (κ3) is 3.51. The zero-order chi connectivity index (χ0) is 16.2. The van der Waals surface area contributed by atoms with Crippen molar-refractivity contribution in [1.29, 1.82) is 0 Å². The average molecular weight is 310 g/mol. The number of primary amides is 1. The monoisotopic (exact) mass is 310 g/mol. The van der Waals surface area contributed by atoms with Gasteiger partial charge in [-0.3, -0.25) is 9.59 Å². The van der Waals surface area contributed by atoms with E-state index in [1.165, 1.54) is 11.1 Å². The number of hydrogen-bond donors (Lipinski definition) is 1. The van der Waals surface area contributed by atoms with E-state index in [-0.39, 0.29) is 12.5 Å². The summed E-state index contributed by atoms with van der Waals surface area (Å²) in [5.41, 5.74) is 8.09. The highest BCUT2D eigenvalue weighted by molar-refractivity contribution is 5.92. The van der Waals surface area contributed by atoms with E-state index in [4.69, 9.17) is 10.5 Å². The van der Waals surface area contributed by atoms with Crippen molar-refractivity contribution in [1.82, 2.24) is 4.90 Å². The van der Waals surface area contributed by atoms with Gasteiger partial charge in [-0.2, -0.15) is 0 Å². The summed E-state index contributed by atoms with van der Waals surface area (Å²) in [6.45, 7) is 1.32. The Labute approximate surface area is 134 Å². The van der Waals surface area contributed by atoms with Gasteiger partial charge in [0.05, 0.1) is 0 Å². The van der Waals surface area contributed by atoms with Crippen LogP contribution >= 0.6 is 0 Å². The molecule has 0 aromatic heterocycles. The summed E-state index contributed by atoms with van der Waals surface area (Å²) >= 11 is 0. The Hall–Kier alpha value is -2.82. The third-order valence-corrected chi connectivity index (χ3v) is 3.98. The van der Waals surface area contributed by atoms with E-state index >= 15 is 0 Å². The smallest absolute Gasteiger partial charge is 0.260 e. The van der Waals surface area contributed by atoms with Crippen LogP contribution < -0.4 is 10.5 Å². The maximum atomic E-state index is 12.3. The first-order chi connectivity index (χ1) is 11.1. The molecule has 2 aromatic carbocycles. The fourth-order valence-electron chi connectivity index (χ4n) is 2.66. The summed E-state index contributed by atoms with van der Waals surface area (Å²) in [5, 5.41) is 0. The van der Waals surface area contributed by atoms with Gasteiger partial charge >= 0.3 is 0 Å². The van der Waals surface area contributed by atoms with Gasteiger partial charge in [0.1, 0.15) is 5.75 Å². The molecule has 118 valence electrons. The van der Waals surface area contributed by atoms with Gasteiger partial charge in [-0.15, -0.1) is 0 Å². The van der Waals surface area contributed by atoms with Crippen LogP contribution in [-0.2, 0) is 17.8 Å². The van der Waals surface area contributed by atoms with E-state index in [2.05, 4.69) is 12.1 Å². The molecule has 0 unspecified atom stereocenters. The molecule has 3 rings (SSSR count). The molecular formula is C18H18N2O3. The molecule has 2 N–H and O–H groups in total. The number of hydrogen-bond acceptors (Lipinski definition) is 3. The lowest BCUT2D eigenvalue weighted by atomic mass is 10.00. The minimum Gasteiger partial charge on any atom is -0.484 e. The molecule has 2 amide bonds. The fourth-order valence-corrected chi connectivity index (χ4v) is 2.66. The van der Waals surface area contributed by atoms with Gasteiger partial charge in [0.15, 0.2) is 6.61 Å². The van der Waals surface area contributed by atoms with Gasteiger partial charge in [0.25, 0.3) is 5.91 Å². The highest BCUT2D eigenvalue weighted by Gasteiger charge is 2.20. The van der Waals surface area contributed by atoms with Gasteiger partial charge in [-0.1, -0.05) is 24.3 Å². The van der Waals surface area contributed by atoms with Crippen molar-refractivity contribution in [3.63, 3.8) is 0 Å². The van der Waals surface area contributed by atoms with Crippen LogP contribution in [0.1, 0.15) is 21.5 Å². The van der Waals surface area contributed by atoms with E-state index in [0.29, 0.717) is 24.4 Å². The van der Waals surface area contributed by atoms with Crippen LogP contribution in [0.5, 0.6) is 5.75 Å². The van der Waals surface area contributed by atoms with Crippen molar-refractivity contribution in [2.45, 2.75) is 13.0 Å². The Morgan fingerprint density at radius 2 is 1.74 bits per heavy atom. The quantitative estimate of drug-likeness (QED) is 0.935. The SMILES string of the molecule is NC(=O)c1ccc(OCC(=O)N2CCc3ccccc3C2)cc1. The number of carbonyl (C=O) groups excluding carboxylic acids is 2. The number of ether oxygens (including phenoxy) is 1. The van der Waals surface area contributed by atoms with Crippen LogP contribution in [-0.4, -0.2) is 29.9 Å². The lowest BCUT2D eigenvalue weighted by molar-refractivity contribution is -0.134. The largest absolute Gasteiger partial charge is 0.484 e. The van der Waals surface area contributed by atoms with Gasteiger partial charge in [-0.25, -0.2) is 0 Å². The maximum Gasteiger partial charge on any atom is 0.260 e. The first kappa shape index (κ1) is 15.1. The lowest BCUT2D eigenvalue weighted by Crippen LogP contribution is -2.38. The van der Waals surface area contributed by atoms with Gasteiger partial charge in [0, 0.05) is 18.7 Å². The van der Waals surface area contributed by atoms with Crippen LogP contribution in [0.15, 0.2) is 48.5 Å². The summed E-state index contributed by atoms with van der Waals surface area (Å²) in [6, 6.07) is 14.6. The minimum atomic E-state index is -0.486. The second-order valence-corrected chi connectivity index (χ2v) is 5.51. The van der Waals surface area contributed by atoms with Crippen molar-refractivity contribution in [2.75, 3.05) is 13.2 Å². The summed E-state index contributed by atoms with van der Waals surface area (Å²) in [4.78, 5) is 25.1. The Bertz CT molecular complexity index is 725. The van der Waals surface area contributed by atoms with Crippen LogP contribution in [0.2, 0.25) is 0 Å². The zero-order valence-electron chi connectivity index (χ0n) is 12.7. The topological polar surface area (TPSA) is 72.6 Å². The molecule has 0 atom stereocenters. The fraction of sp³-hybridized carbons (Fsp3) is 0.222. The Balaban J connectivity index is 1.57. The molecule has 23 heavy (non-hydrogen) atoms. The summed E-state index contributed by atoms with van der Waals surface area (Å²) in [6.07, 6.45) is 0.870. The molecule has 0 bridgehead atoms. The predicted molar refractivity (Wildman–Crippen MR) is 86.0 cm³/mol. The van der Waals surface area contributed by atoms with E-state index in [1.54, 1.807) is 29.2 Å². The first-order valence-corrected chi connectivity index (χ1v) is 7.51. The molecule has 5 heteroatoms. The molecule has 0 fully saturated rings. The third-order valence-electron chi connectivity index (χ3n) is 3.98. The van der Waals surface area contributed by atoms with Crippen molar-refractivity contribution in [3.8, 4) is 5.75 Å². The van der Waals surface area contributed by atoms with Crippen LogP contribution in [0, 0.1) is 0 Å². The number of amides is 2. The molecule has 1 heterocycles. The molecule has 0 spiro atoms. The Morgan fingerprint density at radius 3 is 2.43 bits per heavy atom. The van der Waals surface area contributed by atoms with Crippen LogP contribution in [0.3, 0.4) is 0 Å². The number of carbonyl (C=O) groups is 2. The van der Waals surface area contributed by atoms with Gasteiger partial charge in [-0.05, 0) is 41.8 Å². The number of fused-ring (bicyclic) bond motifs is 1. The average Bonchev–Trinajstić information content (AvgIpc) is 2.59. The molecule has 2 aromatic rings. The van der Waals surface area contributed by atoms with Gasteiger partial charge < -0.3 is 15.4 Å². The predicted octanol–water partition coefficient (Wildman–Crippen LogP) is 1.75. The minimum absolute atomic E-state index is 0.0158. The standard InChI is InChI=1S/C18H18N2O3/c19-18(22)14-5-7-16(8-6-14)23-12-17(21)20-10-9-13-3-1-2-4-15(13)11-20/h1-8H,9-12H2,(H2,19,22). The molecule has 0 saturated heterocycles. The summed E-state index contributed by atoms with van der Waals surface area (Å²) in [5.74, 6) is 0.0128. The molecule has 5 nitrogen and oxygen atoms in total. The molecule has 0 aliphatic carbocycles. The van der Waals surface area contributed by atoms with Crippen LogP contribution in [0.4, 0.5) is 0 Å². The van der Waals surface area contributed by atoms with Crippen molar-refractivity contribution in [3.05, 3.63) is 65.2 Å². The number of rotatable bonds is 4. The first-order valence-electron chi connectivity index (χ1n) is 7.51. The number of benzene rings is 2.